The van der Waals surface area contributed by atoms with Crippen molar-refractivity contribution in [3.63, 3.8) is 0 Å². The highest BCUT2D eigenvalue weighted by molar-refractivity contribution is 7.45. The number of alkyl carbamates (subject to hydrolysis) is 1. The summed E-state index contributed by atoms with van der Waals surface area (Å²) in [5.41, 5.74) is 6.48. The first-order chi connectivity index (χ1) is 45.0. The predicted molar refractivity (Wildman–Crippen MR) is 384 cm³/mol. The van der Waals surface area contributed by atoms with Gasteiger partial charge in [-0.1, -0.05) is 216 Å². The van der Waals surface area contributed by atoms with E-state index in [2.05, 4.69) is 166 Å². The standard InChI is InChI=1S/C77H123N4O11P.H3N/c1-8-10-12-14-16-18-20-22-24-26-28-30-32-34-42-56-73(83)89-63-65(92-74(84)57-43-35-33-31-29-27-25-23-21-19-17-15-13-11-9-2)64-91-93(86,87)90-62-59-79-75(85)88-61-58-78-72(82)55-41-36-37-48-60-81-69-52-47-45-50-67(69)77(5,6)71(81)54-40-38-39-53-70-76(3,4)66-49-44-46-51-68(66)80(70)7;/h22-25,38-40,44-47,49-52,54,65,70H,8-21,26-37,41-43,48,53,55-64H2,1-7H3,(H2-,78,79,82,85,86,87);1H3/b24-22-,25-23-,39-38+,54-40+;/t65-,70?;/m1./s1. The third-order valence-electron chi connectivity index (χ3n) is 18.2. The molecule has 0 spiro atoms. The van der Waals surface area contributed by atoms with Gasteiger partial charge < -0.3 is 49.8 Å². The van der Waals surface area contributed by atoms with Gasteiger partial charge in [-0.3, -0.25) is 18.9 Å². The van der Waals surface area contributed by atoms with E-state index in [1.54, 1.807) is 0 Å². The van der Waals surface area contributed by atoms with Crippen LogP contribution < -0.4 is 26.6 Å². The van der Waals surface area contributed by atoms with E-state index in [4.69, 9.17) is 23.3 Å². The van der Waals surface area contributed by atoms with Crippen LogP contribution in [0.5, 0.6) is 0 Å². The molecule has 2 amide bonds. The van der Waals surface area contributed by atoms with Crippen molar-refractivity contribution in [2.24, 2.45) is 0 Å². The molecule has 2 aliphatic rings. The average molecular weight is 1330 g/mol. The smallest absolute Gasteiger partial charge is 0.407 e. The molecule has 530 valence electrons. The maximum absolute atomic E-state index is 12.9. The van der Waals surface area contributed by atoms with Crippen LogP contribution in [-0.2, 0) is 53.0 Å². The zero-order chi connectivity index (χ0) is 67.3. The summed E-state index contributed by atoms with van der Waals surface area (Å²) in [6.45, 7) is 13.0. The van der Waals surface area contributed by atoms with Crippen LogP contribution in [0.4, 0.5) is 16.2 Å². The summed E-state index contributed by atoms with van der Waals surface area (Å²) in [6.07, 6.45) is 50.9. The first-order valence-corrected chi connectivity index (χ1v) is 37.8. The third-order valence-corrected chi connectivity index (χ3v) is 19.1. The van der Waals surface area contributed by atoms with Crippen molar-refractivity contribution < 1.29 is 56.5 Å². The zero-order valence-corrected chi connectivity index (χ0v) is 60.3. The van der Waals surface area contributed by atoms with Gasteiger partial charge in [0.25, 0.3) is 7.82 Å². The van der Waals surface area contributed by atoms with Crippen molar-refractivity contribution in [1.82, 2.24) is 16.8 Å². The molecule has 0 radical (unpaired) electrons. The number of nitrogens with zero attached hydrogens (tertiary/aromatic N) is 2. The highest BCUT2D eigenvalue weighted by Gasteiger charge is 2.44. The van der Waals surface area contributed by atoms with E-state index in [1.165, 1.54) is 105 Å². The minimum absolute atomic E-state index is 0. The number of allylic oxidation sites excluding steroid dienone is 7. The second kappa shape index (κ2) is 49.2. The average Bonchev–Trinajstić information content (AvgIpc) is 1.61. The van der Waals surface area contributed by atoms with Crippen LogP contribution in [0.1, 0.15) is 271 Å². The number of para-hydroxylation sites is 2. The van der Waals surface area contributed by atoms with E-state index in [0.29, 0.717) is 25.3 Å². The second-order valence-corrected chi connectivity index (χ2v) is 28.1. The molecule has 0 aliphatic carbocycles. The number of rotatable bonds is 54. The summed E-state index contributed by atoms with van der Waals surface area (Å²) >= 11 is 0. The number of esters is 2. The maximum Gasteiger partial charge on any atom is 0.407 e. The van der Waals surface area contributed by atoms with Gasteiger partial charge in [-0.2, -0.15) is 4.58 Å². The number of unbranched alkanes of at least 4 members (excludes halogenated alkanes) is 25. The quantitative estimate of drug-likeness (QED) is 0.0107. The number of hydrogen-bond acceptors (Lipinski definition) is 13. The SMILES string of the molecule is CCCCCCCC/C=C\CCCCCCCC(=O)OC[C@H](COP(=O)([O-])OCCNC(=O)OCCNC(=O)CCCCCC[N+]1=C(/C=C/C=C/CC2N(C)c3ccccc3C2(C)C)C(C)(C)c2ccccc21)OC(=O)CCCCCCC/C=C\CCCCCCCC.N. The van der Waals surface area contributed by atoms with Crippen LogP contribution >= 0.6 is 7.82 Å². The summed E-state index contributed by atoms with van der Waals surface area (Å²) in [7, 11) is -2.73. The fraction of sp³-hybridized carbons (Fsp3) is 0.675. The van der Waals surface area contributed by atoms with E-state index in [9.17, 15) is 28.6 Å². The molecule has 4 rings (SSSR count). The van der Waals surface area contributed by atoms with Gasteiger partial charge in [0, 0.05) is 74.1 Å². The highest BCUT2D eigenvalue weighted by Crippen LogP contribution is 2.46. The van der Waals surface area contributed by atoms with E-state index in [1.807, 2.05) is 0 Å². The Morgan fingerprint density at radius 2 is 1.10 bits per heavy atom. The minimum Gasteiger partial charge on any atom is -0.756 e. The molecule has 2 aliphatic heterocycles. The molecular formula is C77H126N5O11P. The van der Waals surface area contributed by atoms with Gasteiger partial charge in [0.2, 0.25) is 11.6 Å². The molecule has 0 bridgehead atoms. The van der Waals surface area contributed by atoms with Crippen molar-refractivity contribution >= 4 is 48.8 Å². The Bertz CT molecular complexity index is 2650. The fourth-order valence-corrected chi connectivity index (χ4v) is 13.4. The van der Waals surface area contributed by atoms with Crippen LogP contribution in [0.2, 0.25) is 0 Å². The molecule has 0 aromatic heterocycles. The van der Waals surface area contributed by atoms with E-state index in [-0.39, 0.29) is 62.0 Å². The van der Waals surface area contributed by atoms with Gasteiger partial charge in [0.1, 0.15) is 19.8 Å². The lowest BCUT2D eigenvalue weighted by Crippen LogP contribution is -2.38. The lowest BCUT2D eigenvalue weighted by molar-refractivity contribution is -0.438. The monoisotopic (exact) mass is 1330 g/mol. The molecule has 5 N–H and O–H groups in total. The Hall–Kier alpha value is -5.38. The van der Waals surface area contributed by atoms with Crippen molar-refractivity contribution in [2.45, 2.75) is 283 Å². The summed E-state index contributed by atoms with van der Waals surface area (Å²) in [5.74, 6) is -1.12. The van der Waals surface area contributed by atoms with Gasteiger partial charge in [-0.05, 0) is 109 Å². The molecule has 2 aromatic carbocycles. The van der Waals surface area contributed by atoms with Gasteiger partial charge in [0.15, 0.2) is 11.8 Å². The molecule has 17 heteroatoms. The number of carbonyl (C=O) groups is 4. The van der Waals surface area contributed by atoms with E-state index >= 15 is 0 Å². The van der Waals surface area contributed by atoms with Crippen LogP contribution in [-0.4, -0.2) is 99.5 Å². The topological polar surface area (TPSA) is 220 Å². The number of phosphoric ester groups is 1. The molecule has 94 heavy (non-hydrogen) atoms. The molecule has 3 atom stereocenters. The first-order valence-electron chi connectivity index (χ1n) is 36.3. The van der Waals surface area contributed by atoms with Gasteiger partial charge in [0.05, 0.1) is 25.2 Å². The Morgan fingerprint density at radius 3 is 1.69 bits per heavy atom. The van der Waals surface area contributed by atoms with E-state index in [0.717, 1.165) is 116 Å². The van der Waals surface area contributed by atoms with Crippen molar-refractivity contribution in [3.05, 3.63) is 108 Å². The lowest BCUT2D eigenvalue weighted by atomic mass is 9.79. The molecule has 2 unspecified atom stereocenters. The Labute approximate surface area is 568 Å². The summed E-state index contributed by atoms with van der Waals surface area (Å²) in [4.78, 5) is 65.9. The van der Waals surface area contributed by atoms with Crippen LogP contribution in [0.15, 0.2) is 97.1 Å². The highest BCUT2D eigenvalue weighted by atomic mass is 31.2. The number of hydrogen-bond donors (Lipinski definition) is 3. The number of nitrogens with one attached hydrogen (secondary N) is 2. The summed E-state index contributed by atoms with van der Waals surface area (Å²) in [5, 5.41) is 5.22. The number of fused-ring (bicyclic) bond motifs is 2. The number of benzene rings is 2. The molecule has 2 aromatic rings. The number of carbonyl (C=O) groups excluding carboxylic acids is 4. The zero-order valence-electron chi connectivity index (χ0n) is 59.4. The predicted octanol–water partition coefficient (Wildman–Crippen LogP) is 18.3. The van der Waals surface area contributed by atoms with Crippen molar-refractivity contribution in [1.29, 1.82) is 0 Å². The number of likely N-dealkylation sites (N-methyl/N-ethyl adjacent to an activating group) is 1. The Kier molecular flexibility index (Phi) is 43.3. The third kappa shape index (κ3) is 33.5. The Balaban J connectivity index is 0.0000230. The summed E-state index contributed by atoms with van der Waals surface area (Å²) < 4.78 is 41.5. The number of ether oxygens (including phenoxy) is 3. The number of anilines is 1. The number of amides is 2. The fourth-order valence-electron chi connectivity index (χ4n) is 12.6. The van der Waals surface area contributed by atoms with Crippen LogP contribution in [0.3, 0.4) is 0 Å². The van der Waals surface area contributed by atoms with Crippen molar-refractivity contribution in [2.75, 3.05) is 58.0 Å². The Morgan fingerprint density at radius 1 is 0.585 bits per heavy atom. The molecule has 0 saturated heterocycles. The maximum atomic E-state index is 12.9. The molecule has 0 fully saturated rings. The minimum atomic E-state index is -4.93. The van der Waals surface area contributed by atoms with Gasteiger partial charge in [-0.15, -0.1) is 0 Å². The second-order valence-electron chi connectivity index (χ2n) is 26.7. The largest absolute Gasteiger partial charge is 0.756 e. The van der Waals surface area contributed by atoms with Crippen molar-refractivity contribution in [3.8, 4) is 0 Å². The summed E-state index contributed by atoms with van der Waals surface area (Å²) in [6, 6.07) is 17.8. The lowest BCUT2D eigenvalue weighted by Gasteiger charge is -2.31. The molecule has 16 nitrogen and oxygen atoms in total. The normalized spacial score (nSPS) is 15.8. The number of phosphoric acid groups is 1. The first kappa shape index (κ1) is 82.8. The molecular weight excluding hydrogens is 1200 g/mol. The van der Waals surface area contributed by atoms with Gasteiger partial charge in [-0.25, -0.2) is 4.79 Å². The molecule has 0 saturated carbocycles. The van der Waals surface area contributed by atoms with E-state index < -0.39 is 45.2 Å². The molecule has 2 heterocycles. The van der Waals surface area contributed by atoms with Crippen LogP contribution in [0, 0.1) is 0 Å². The van der Waals surface area contributed by atoms with Gasteiger partial charge >= 0.3 is 18.0 Å². The van der Waals surface area contributed by atoms with Crippen LogP contribution in [0.25, 0.3) is 0 Å².